The van der Waals surface area contributed by atoms with Gasteiger partial charge >= 0.3 is 0 Å². The summed E-state index contributed by atoms with van der Waals surface area (Å²) in [4.78, 5) is 0. The summed E-state index contributed by atoms with van der Waals surface area (Å²) in [6.45, 7) is 7.39. The Hall–Kier alpha value is -0.870. The zero-order chi connectivity index (χ0) is 13.1. The first-order valence-corrected chi connectivity index (χ1v) is 6.98. The minimum Gasteiger partial charge on any atom is -0.375 e. The number of ether oxygens (including phenoxy) is 1. The third-order valence-corrected chi connectivity index (χ3v) is 3.61. The summed E-state index contributed by atoms with van der Waals surface area (Å²) in [5.41, 5.74) is 2.53. The molecule has 18 heavy (non-hydrogen) atoms. The molecule has 2 unspecified atom stereocenters. The Morgan fingerprint density at radius 3 is 2.67 bits per heavy atom. The molecule has 4 nitrogen and oxygen atoms in total. The number of aryl methyl sites for hydroxylation is 2. The molecule has 0 spiro atoms. The molecule has 0 bridgehead atoms. The lowest BCUT2D eigenvalue weighted by Gasteiger charge is -2.32. The van der Waals surface area contributed by atoms with Gasteiger partial charge in [-0.25, -0.2) is 0 Å². The molecular weight excluding hydrogens is 226 g/mol. The van der Waals surface area contributed by atoms with Gasteiger partial charge in [-0.1, -0.05) is 6.92 Å². The molecule has 1 aromatic rings. The standard InChI is InChI=1S/C14H25N3O/c1-5-14-12(9-17(4)16-14)8-15-13-6-10(2)18-11(3)7-13/h9-11,13,15H,5-8H2,1-4H3. The van der Waals surface area contributed by atoms with Gasteiger partial charge in [-0.05, 0) is 33.1 Å². The number of hydrogen-bond donors (Lipinski definition) is 1. The molecule has 4 heteroatoms. The maximum atomic E-state index is 5.76. The van der Waals surface area contributed by atoms with Crippen molar-refractivity contribution in [3.05, 3.63) is 17.5 Å². The second-order valence-corrected chi connectivity index (χ2v) is 5.43. The first-order valence-electron chi connectivity index (χ1n) is 6.98. The van der Waals surface area contributed by atoms with Crippen LogP contribution in [0.3, 0.4) is 0 Å². The zero-order valence-electron chi connectivity index (χ0n) is 11.9. The summed E-state index contributed by atoms with van der Waals surface area (Å²) in [6, 6.07) is 0.564. The van der Waals surface area contributed by atoms with Crippen LogP contribution in [0.5, 0.6) is 0 Å². The van der Waals surface area contributed by atoms with Gasteiger partial charge in [0.25, 0.3) is 0 Å². The topological polar surface area (TPSA) is 39.1 Å². The predicted octanol–water partition coefficient (Wildman–Crippen LogP) is 2.03. The average Bonchev–Trinajstić information content (AvgIpc) is 2.66. The average molecular weight is 251 g/mol. The molecule has 1 aliphatic rings. The Balaban J connectivity index is 1.90. The number of hydrogen-bond acceptors (Lipinski definition) is 3. The molecular formula is C14H25N3O. The van der Waals surface area contributed by atoms with Crippen LogP contribution in [0.2, 0.25) is 0 Å². The normalized spacial score (nSPS) is 28.6. The fourth-order valence-electron chi connectivity index (χ4n) is 2.86. The fraction of sp³-hybridized carbons (Fsp3) is 0.786. The van der Waals surface area contributed by atoms with Gasteiger partial charge in [0, 0.05) is 31.4 Å². The maximum absolute atomic E-state index is 5.76. The van der Waals surface area contributed by atoms with Crippen LogP contribution < -0.4 is 5.32 Å². The molecule has 2 heterocycles. The summed E-state index contributed by atoms with van der Waals surface area (Å²) in [7, 11) is 1.99. The number of rotatable bonds is 4. The van der Waals surface area contributed by atoms with Crippen molar-refractivity contribution in [1.29, 1.82) is 0 Å². The molecule has 2 atom stereocenters. The Kier molecular flexibility index (Phi) is 4.40. The molecule has 0 saturated carbocycles. The van der Waals surface area contributed by atoms with Crippen molar-refractivity contribution in [2.45, 2.75) is 64.8 Å². The van der Waals surface area contributed by atoms with Crippen LogP contribution in [0.15, 0.2) is 6.20 Å². The molecule has 1 fully saturated rings. The lowest BCUT2D eigenvalue weighted by molar-refractivity contribution is -0.0423. The Morgan fingerprint density at radius 1 is 1.39 bits per heavy atom. The van der Waals surface area contributed by atoms with E-state index in [0.717, 1.165) is 25.8 Å². The van der Waals surface area contributed by atoms with Gasteiger partial charge in [-0.2, -0.15) is 5.10 Å². The van der Waals surface area contributed by atoms with Gasteiger partial charge in [0.15, 0.2) is 0 Å². The molecule has 1 saturated heterocycles. The van der Waals surface area contributed by atoms with Gasteiger partial charge in [0.05, 0.1) is 17.9 Å². The van der Waals surface area contributed by atoms with E-state index in [9.17, 15) is 0 Å². The number of aromatic nitrogens is 2. The number of nitrogens with zero attached hydrogens (tertiary/aromatic N) is 2. The quantitative estimate of drug-likeness (QED) is 0.890. The van der Waals surface area contributed by atoms with Gasteiger partial charge in [0.2, 0.25) is 0 Å². The van der Waals surface area contributed by atoms with Crippen LogP contribution in [-0.2, 0) is 24.8 Å². The van der Waals surface area contributed by atoms with Crippen LogP contribution in [-0.4, -0.2) is 28.0 Å². The first-order chi connectivity index (χ1) is 8.58. The molecule has 0 radical (unpaired) electrons. The van der Waals surface area contributed by atoms with E-state index in [0.29, 0.717) is 18.2 Å². The third-order valence-electron chi connectivity index (χ3n) is 3.61. The molecule has 1 N–H and O–H groups in total. The summed E-state index contributed by atoms with van der Waals surface area (Å²) in [6.07, 6.45) is 6.06. The van der Waals surface area contributed by atoms with E-state index in [1.807, 2.05) is 11.7 Å². The van der Waals surface area contributed by atoms with E-state index >= 15 is 0 Å². The van der Waals surface area contributed by atoms with Crippen LogP contribution in [0.1, 0.15) is 44.9 Å². The minimum absolute atomic E-state index is 0.366. The molecule has 1 aliphatic heterocycles. The van der Waals surface area contributed by atoms with Crippen molar-refractivity contribution in [1.82, 2.24) is 15.1 Å². The Bertz CT molecular complexity index is 378. The summed E-state index contributed by atoms with van der Waals surface area (Å²) >= 11 is 0. The molecule has 0 aromatic carbocycles. The highest BCUT2D eigenvalue weighted by Gasteiger charge is 2.24. The van der Waals surface area contributed by atoms with Gasteiger partial charge in [-0.15, -0.1) is 0 Å². The SMILES string of the molecule is CCc1nn(C)cc1CNC1CC(C)OC(C)C1. The Morgan fingerprint density at radius 2 is 2.06 bits per heavy atom. The maximum Gasteiger partial charge on any atom is 0.0666 e. The zero-order valence-corrected chi connectivity index (χ0v) is 11.9. The van der Waals surface area contributed by atoms with E-state index in [-0.39, 0.29) is 0 Å². The first kappa shape index (κ1) is 13.6. The smallest absolute Gasteiger partial charge is 0.0666 e. The monoisotopic (exact) mass is 251 g/mol. The van der Waals surface area contributed by atoms with Crippen LogP contribution >= 0.6 is 0 Å². The Labute approximate surface area is 110 Å². The second kappa shape index (κ2) is 5.85. The molecule has 0 aliphatic carbocycles. The van der Waals surface area contributed by atoms with Crippen molar-refractivity contribution in [2.75, 3.05) is 0 Å². The molecule has 2 rings (SSSR count). The highest BCUT2D eigenvalue weighted by atomic mass is 16.5. The largest absolute Gasteiger partial charge is 0.375 e. The minimum atomic E-state index is 0.366. The van der Waals surface area contributed by atoms with E-state index in [2.05, 4.69) is 37.4 Å². The van der Waals surface area contributed by atoms with Crippen molar-refractivity contribution >= 4 is 0 Å². The van der Waals surface area contributed by atoms with Gasteiger partial charge in [-0.3, -0.25) is 4.68 Å². The van der Waals surface area contributed by atoms with E-state index < -0.39 is 0 Å². The van der Waals surface area contributed by atoms with Crippen molar-refractivity contribution in [2.24, 2.45) is 7.05 Å². The highest BCUT2D eigenvalue weighted by Crippen LogP contribution is 2.19. The van der Waals surface area contributed by atoms with Crippen LogP contribution in [0.25, 0.3) is 0 Å². The highest BCUT2D eigenvalue weighted by molar-refractivity contribution is 5.16. The van der Waals surface area contributed by atoms with Crippen molar-refractivity contribution < 1.29 is 4.74 Å². The molecule has 1 aromatic heterocycles. The van der Waals surface area contributed by atoms with Crippen molar-refractivity contribution in [3.63, 3.8) is 0 Å². The van der Waals surface area contributed by atoms with Crippen molar-refractivity contribution in [3.8, 4) is 0 Å². The third kappa shape index (κ3) is 3.33. The van der Waals surface area contributed by atoms with E-state index in [4.69, 9.17) is 4.74 Å². The number of nitrogens with one attached hydrogen (secondary N) is 1. The summed E-state index contributed by atoms with van der Waals surface area (Å²) in [5.74, 6) is 0. The second-order valence-electron chi connectivity index (χ2n) is 5.43. The van der Waals surface area contributed by atoms with Crippen LogP contribution in [0.4, 0.5) is 0 Å². The van der Waals surface area contributed by atoms with Gasteiger partial charge < -0.3 is 10.1 Å². The van der Waals surface area contributed by atoms with Gasteiger partial charge in [0.1, 0.15) is 0 Å². The van der Waals surface area contributed by atoms with E-state index in [1.54, 1.807) is 0 Å². The summed E-state index contributed by atoms with van der Waals surface area (Å²) in [5, 5.41) is 8.13. The lowest BCUT2D eigenvalue weighted by atomic mass is 9.99. The fourth-order valence-corrected chi connectivity index (χ4v) is 2.86. The van der Waals surface area contributed by atoms with E-state index in [1.165, 1.54) is 11.3 Å². The predicted molar refractivity (Wildman–Crippen MR) is 72.5 cm³/mol. The molecule has 0 amide bonds. The van der Waals surface area contributed by atoms with Crippen LogP contribution in [0, 0.1) is 0 Å². The summed E-state index contributed by atoms with van der Waals surface area (Å²) < 4.78 is 7.67. The molecule has 102 valence electrons. The lowest BCUT2D eigenvalue weighted by Crippen LogP contribution is -2.41.